The minimum absolute atomic E-state index is 0.222. The fourth-order valence-corrected chi connectivity index (χ4v) is 4.35. The van der Waals surface area contributed by atoms with Gasteiger partial charge in [0, 0.05) is 38.8 Å². The van der Waals surface area contributed by atoms with Gasteiger partial charge in [0.1, 0.15) is 5.82 Å². The molecule has 1 amide bonds. The van der Waals surface area contributed by atoms with Gasteiger partial charge in [-0.15, -0.1) is 0 Å². The number of benzene rings is 1. The fraction of sp³-hybridized carbons (Fsp3) is 0.304. The van der Waals surface area contributed by atoms with Crippen LogP contribution < -0.4 is 10.2 Å². The van der Waals surface area contributed by atoms with Gasteiger partial charge in [0.2, 0.25) is 0 Å². The Bertz CT molecular complexity index is 1200. The monoisotopic (exact) mass is 468 g/mol. The third-order valence-corrected chi connectivity index (χ3v) is 6.34. The van der Waals surface area contributed by atoms with E-state index in [1.54, 1.807) is 28.9 Å². The van der Waals surface area contributed by atoms with Crippen LogP contribution in [0.1, 0.15) is 12.6 Å². The van der Waals surface area contributed by atoms with Crippen molar-refractivity contribution in [1.82, 2.24) is 24.8 Å². The van der Waals surface area contributed by atoms with Crippen LogP contribution in [0.4, 0.5) is 10.1 Å². The third-order valence-electron chi connectivity index (χ3n) is 5.69. The summed E-state index contributed by atoms with van der Waals surface area (Å²) in [5.74, 6) is -0.662. The van der Waals surface area contributed by atoms with Crippen molar-refractivity contribution in [2.45, 2.75) is 6.92 Å². The number of thioether (sulfide) groups is 1. The van der Waals surface area contributed by atoms with Crippen molar-refractivity contribution in [3.63, 3.8) is 0 Å². The zero-order chi connectivity index (χ0) is 23.4. The largest absolute Gasteiger partial charge is 0.367 e. The Morgan fingerprint density at radius 2 is 2.00 bits per heavy atom. The van der Waals surface area contributed by atoms with Crippen molar-refractivity contribution >= 4 is 40.7 Å². The molecule has 3 heterocycles. The lowest BCUT2D eigenvalue weighted by atomic mass is 10.1. The van der Waals surface area contributed by atoms with E-state index < -0.39 is 0 Å². The van der Waals surface area contributed by atoms with E-state index in [1.165, 1.54) is 19.2 Å². The predicted octanol–water partition coefficient (Wildman–Crippen LogP) is 2.69. The van der Waals surface area contributed by atoms with Crippen LogP contribution in [0.25, 0.3) is 23.0 Å². The molecule has 1 N–H and O–H groups in total. The third kappa shape index (κ3) is 4.91. The summed E-state index contributed by atoms with van der Waals surface area (Å²) in [5.41, 5.74) is 3.53. The summed E-state index contributed by atoms with van der Waals surface area (Å²) >= 11 is 0.777. The predicted molar refractivity (Wildman–Crippen MR) is 129 cm³/mol. The summed E-state index contributed by atoms with van der Waals surface area (Å²) in [6, 6.07) is 8.65. The molecule has 0 saturated carbocycles. The Morgan fingerprint density at radius 3 is 2.67 bits per heavy atom. The van der Waals surface area contributed by atoms with Gasteiger partial charge >= 0.3 is 0 Å². The van der Waals surface area contributed by atoms with E-state index in [4.69, 9.17) is 0 Å². The lowest BCUT2D eigenvalue weighted by Crippen LogP contribution is -2.46. The number of fused-ring (bicyclic) bond motifs is 1. The van der Waals surface area contributed by atoms with Gasteiger partial charge in [0.05, 0.1) is 28.2 Å². The van der Waals surface area contributed by atoms with E-state index in [0.717, 1.165) is 44.5 Å². The first-order valence-electron chi connectivity index (χ1n) is 10.7. The first kappa shape index (κ1) is 22.9. The molecule has 0 spiro atoms. The number of anilines is 1. The van der Waals surface area contributed by atoms with Gasteiger partial charge in [0.25, 0.3) is 5.91 Å². The van der Waals surface area contributed by atoms with E-state index in [1.807, 2.05) is 6.07 Å². The maximum absolute atomic E-state index is 15.1. The highest BCUT2D eigenvalue weighted by molar-refractivity contribution is 8.16. The second-order valence-corrected chi connectivity index (χ2v) is 8.43. The molecule has 0 unspecified atom stereocenters. The van der Waals surface area contributed by atoms with Gasteiger partial charge < -0.3 is 15.1 Å². The summed E-state index contributed by atoms with van der Waals surface area (Å²) in [5, 5.41) is 7.04. The number of imidazole rings is 1. The molecule has 33 heavy (non-hydrogen) atoms. The average molecular weight is 469 g/mol. The SMILES string of the molecule is CCN1CCN(c2ccc(-c3cnc4ccc(/C=C(\SC=O)C(=O)NC)nn34)cc2F)CC1. The topological polar surface area (TPSA) is 82.8 Å². The zero-order valence-corrected chi connectivity index (χ0v) is 19.3. The van der Waals surface area contributed by atoms with Crippen LogP contribution in [0.3, 0.4) is 0 Å². The molecule has 1 fully saturated rings. The molecule has 1 aliphatic heterocycles. The number of nitrogens with zero attached hydrogens (tertiary/aromatic N) is 5. The molecule has 0 atom stereocenters. The average Bonchev–Trinajstić information content (AvgIpc) is 3.26. The number of piperazine rings is 1. The minimum atomic E-state index is -0.378. The number of hydrogen-bond donors (Lipinski definition) is 1. The number of halogens is 1. The highest BCUT2D eigenvalue weighted by atomic mass is 32.2. The van der Waals surface area contributed by atoms with Crippen LogP contribution in [0.5, 0.6) is 0 Å². The van der Waals surface area contributed by atoms with Crippen LogP contribution in [-0.2, 0) is 9.59 Å². The van der Waals surface area contributed by atoms with Crippen molar-refractivity contribution in [2.24, 2.45) is 0 Å². The molecule has 172 valence electrons. The van der Waals surface area contributed by atoms with Crippen molar-refractivity contribution in [3.8, 4) is 11.3 Å². The van der Waals surface area contributed by atoms with Crippen LogP contribution in [0, 0.1) is 5.82 Å². The molecule has 0 bridgehead atoms. The summed E-state index contributed by atoms with van der Waals surface area (Å²) in [4.78, 5) is 31.9. The Hall–Kier alpha value is -3.24. The summed E-state index contributed by atoms with van der Waals surface area (Å²) < 4.78 is 16.7. The highest BCUT2D eigenvalue weighted by Gasteiger charge is 2.19. The van der Waals surface area contributed by atoms with Gasteiger partial charge in [-0.3, -0.25) is 9.59 Å². The number of rotatable bonds is 7. The summed E-state index contributed by atoms with van der Waals surface area (Å²) in [6.07, 6.45) is 3.17. The molecule has 8 nitrogen and oxygen atoms in total. The number of carbonyl (C=O) groups excluding carboxylic acids is 2. The molecule has 0 aliphatic carbocycles. The number of aromatic nitrogens is 3. The quantitative estimate of drug-likeness (QED) is 0.422. The second kappa shape index (κ2) is 10.1. The number of amides is 1. The molecule has 2 aromatic heterocycles. The Kier molecular flexibility index (Phi) is 7.05. The minimum Gasteiger partial charge on any atom is -0.367 e. The lowest BCUT2D eigenvalue weighted by molar-refractivity contribution is -0.116. The van der Waals surface area contributed by atoms with Gasteiger partial charge in [-0.2, -0.15) is 5.10 Å². The zero-order valence-electron chi connectivity index (χ0n) is 18.5. The second-order valence-electron chi connectivity index (χ2n) is 7.56. The first-order chi connectivity index (χ1) is 16.0. The molecule has 1 aromatic carbocycles. The summed E-state index contributed by atoms with van der Waals surface area (Å²) in [6.45, 7) is 6.58. The lowest BCUT2D eigenvalue weighted by Gasteiger charge is -2.35. The maximum Gasteiger partial charge on any atom is 0.257 e. The fourth-order valence-electron chi connectivity index (χ4n) is 3.85. The van der Waals surface area contributed by atoms with E-state index in [-0.39, 0.29) is 16.6 Å². The van der Waals surface area contributed by atoms with Crippen molar-refractivity contribution in [3.05, 3.63) is 52.9 Å². The number of nitrogens with one attached hydrogen (secondary N) is 1. The van der Waals surface area contributed by atoms with Crippen LogP contribution in [0.15, 0.2) is 41.4 Å². The van der Waals surface area contributed by atoms with Crippen molar-refractivity contribution < 1.29 is 14.0 Å². The molecule has 1 aliphatic rings. The number of hydrogen-bond acceptors (Lipinski definition) is 7. The van der Waals surface area contributed by atoms with Gasteiger partial charge in [0.15, 0.2) is 11.3 Å². The molecular formula is C23H25FN6O2S. The van der Waals surface area contributed by atoms with Gasteiger partial charge in [-0.1, -0.05) is 13.0 Å². The van der Waals surface area contributed by atoms with Gasteiger partial charge in [-0.05, 0) is 48.6 Å². The number of carbonyl (C=O) groups is 2. The molecule has 0 radical (unpaired) electrons. The molecule has 4 rings (SSSR count). The molecule has 3 aromatic rings. The highest BCUT2D eigenvalue weighted by Crippen LogP contribution is 2.28. The van der Waals surface area contributed by atoms with Crippen LogP contribution in [-0.4, -0.2) is 70.8 Å². The molecular weight excluding hydrogens is 443 g/mol. The van der Waals surface area contributed by atoms with Crippen molar-refractivity contribution in [1.29, 1.82) is 0 Å². The van der Waals surface area contributed by atoms with E-state index in [0.29, 0.717) is 33.9 Å². The smallest absolute Gasteiger partial charge is 0.257 e. The van der Waals surface area contributed by atoms with E-state index in [2.05, 4.69) is 32.1 Å². The Labute approximate surface area is 195 Å². The normalized spacial score (nSPS) is 15.1. The van der Waals surface area contributed by atoms with Crippen LogP contribution >= 0.6 is 11.8 Å². The Morgan fingerprint density at radius 1 is 1.21 bits per heavy atom. The van der Waals surface area contributed by atoms with Crippen LogP contribution in [0.2, 0.25) is 0 Å². The Balaban J connectivity index is 1.65. The van der Waals surface area contributed by atoms with E-state index >= 15 is 4.39 Å². The molecule has 1 saturated heterocycles. The van der Waals surface area contributed by atoms with Crippen molar-refractivity contribution in [2.75, 3.05) is 44.7 Å². The van der Waals surface area contributed by atoms with Gasteiger partial charge in [-0.25, -0.2) is 13.9 Å². The summed E-state index contributed by atoms with van der Waals surface area (Å²) in [7, 11) is 1.49. The molecule has 10 heteroatoms. The first-order valence-corrected chi connectivity index (χ1v) is 11.6. The number of likely N-dealkylation sites (N-methyl/N-ethyl adjacent to an activating group) is 2. The maximum atomic E-state index is 15.1. The van der Waals surface area contributed by atoms with E-state index in [9.17, 15) is 9.59 Å². The standard InChI is InChI=1S/C23H25FN6O2S/c1-3-28-8-10-29(11-9-28)19-6-4-16(12-18(19)24)20-14-26-22-7-5-17(27-30(20)22)13-21(33-15-31)23(32)25-2/h4-7,12-15H,3,8-11H2,1-2H3,(H,25,32)/b21-13-.